The predicted octanol–water partition coefficient (Wildman–Crippen LogP) is 1.53. The normalized spacial score (nSPS) is 11.5. The number of rotatable bonds is 3. The van der Waals surface area contributed by atoms with Crippen molar-refractivity contribution in [2.24, 2.45) is 0 Å². The average molecular weight is 268 g/mol. The van der Waals surface area contributed by atoms with E-state index >= 15 is 0 Å². The van der Waals surface area contributed by atoms with Crippen LogP contribution in [0.3, 0.4) is 0 Å². The smallest absolute Gasteiger partial charge is 0.294 e. The van der Waals surface area contributed by atoms with Gasteiger partial charge < -0.3 is 4.98 Å². The first-order chi connectivity index (χ1) is 8.00. The van der Waals surface area contributed by atoms with E-state index in [1.165, 1.54) is 30.0 Å². The van der Waals surface area contributed by atoms with Gasteiger partial charge in [-0.2, -0.15) is 8.42 Å². The Kier molecular flexibility index (Phi) is 3.11. The van der Waals surface area contributed by atoms with Crippen LogP contribution in [0.1, 0.15) is 0 Å². The van der Waals surface area contributed by atoms with E-state index in [1.54, 1.807) is 0 Å². The number of aromatic nitrogens is 2. The van der Waals surface area contributed by atoms with E-state index in [1.807, 2.05) is 0 Å². The van der Waals surface area contributed by atoms with Gasteiger partial charge in [0.15, 0.2) is 5.16 Å². The fourth-order valence-corrected chi connectivity index (χ4v) is 2.38. The van der Waals surface area contributed by atoms with Gasteiger partial charge in [-0.3, -0.25) is 4.55 Å². The summed E-state index contributed by atoms with van der Waals surface area (Å²) in [7, 11) is -4.19. The Morgan fingerprint density at radius 3 is 2.94 bits per heavy atom. The molecule has 2 aromatic rings. The van der Waals surface area contributed by atoms with Crippen molar-refractivity contribution >= 4 is 32.9 Å². The third kappa shape index (κ3) is 2.61. The van der Waals surface area contributed by atoms with Crippen LogP contribution in [-0.4, -0.2) is 28.7 Å². The van der Waals surface area contributed by atoms with Gasteiger partial charge in [0, 0.05) is 0 Å². The number of nitrogens with zero attached hydrogens (tertiary/aromatic N) is 1. The van der Waals surface area contributed by atoms with Gasteiger partial charge in [-0.05, 0) is 18.2 Å². The Bertz CT molecular complexity index is 698. The number of hydrogen-bond acceptors (Lipinski definition) is 4. The van der Waals surface area contributed by atoms with Gasteiger partial charge in [0.2, 0.25) is 0 Å². The van der Waals surface area contributed by atoms with Crippen molar-refractivity contribution in [3.05, 3.63) is 18.2 Å². The molecule has 0 radical (unpaired) electrons. The van der Waals surface area contributed by atoms with Crippen LogP contribution in [0.2, 0.25) is 0 Å². The minimum Gasteiger partial charge on any atom is -0.333 e. The van der Waals surface area contributed by atoms with E-state index in [0.717, 1.165) is 0 Å². The number of hydrogen-bond donors (Lipinski definition) is 2. The monoisotopic (exact) mass is 268 g/mol. The molecule has 0 saturated heterocycles. The van der Waals surface area contributed by atoms with Crippen molar-refractivity contribution < 1.29 is 13.0 Å². The van der Waals surface area contributed by atoms with E-state index in [2.05, 4.69) is 15.9 Å². The Morgan fingerprint density at radius 2 is 2.29 bits per heavy atom. The molecular weight excluding hydrogens is 260 g/mol. The van der Waals surface area contributed by atoms with Crippen LogP contribution in [0.5, 0.6) is 0 Å². The fourth-order valence-electron chi connectivity index (χ4n) is 1.30. The molecule has 1 heterocycles. The summed E-state index contributed by atoms with van der Waals surface area (Å²) in [5.41, 5.74) is 1.16. The molecular formula is C10H8N2O3S2. The molecule has 0 amide bonds. The zero-order valence-electron chi connectivity index (χ0n) is 8.54. The zero-order chi connectivity index (χ0) is 12.5. The molecule has 0 aliphatic rings. The molecule has 1 aromatic carbocycles. The van der Waals surface area contributed by atoms with Gasteiger partial charge in [-0.15, -0.1) is 6.42 Å². The van der Waals surface area contributed by atoms with E-state index in [-0.39, 0.29) is 4.90 Å². The van der Waals surface area contributed by atoms with Crippen molar-refractivity contribution in [1.29, 1.82) is 0 Å². The van der Waals surface area contributed by atoms with Gasteiger partial charge in [0.05, 0.1) is 21.7 Å². The van der Waals surface area contributed by atoms with Crippen molar-refractivity contribution in [2.75, 3.05) is 5.75 Å². The number of benzene rings is 1. The Hall–Kier alpha value is -1.49. The quantitative estimate of drug-likeness (QED) is 0.501. The summed E-state index contributed by atoms with van der Waals surface area (Å²) in [6.45, 7) is 0. The van der Waals surface area contributed by atoms with Crippen molar-refractivity contribution in [1.82, 2.24) is 9.97 Å². The van der Waals surface area contributed by atoms with Crippen molar-refractivity contribution in [3.63, 3.8) is 0 Å². The largest absolute Gasteiger partial charge is 0.333 e. The minimum atomic E-state index is -4.19. The summed E-state index contributed by atoms with van der Waals surface area (Å²) in [6, 6.07) is 4.15. The number of nitrogens with one attached hydrogen (secondary N) is 1. The minimum absolute atomic E-state index is 0.165. The first-order valence-corrected chi connectivity index (χ1v) is 6.97. The van der Waals surface area contributed by atoms with Crippen LogP contribution in [-0.2, 0) is 10.1 Å². The maximum atomic E-state index is 10.9. The Morgan fingerprint density at radius 1 is 1.53 bits per heavy atom. The Balaban J connectivity index is 2.45. The molecule has 0 fully saturated rings. The molecule has 0 atom stereocenters. The predicted molar refractivity (Wildman–Crippen MR) is 65.5 cm³/mol. The maximum absolute atomic E-state index is 10.9. The fraction of sp³-hybridized carbons (Fsp3) is 0.100. The first kappa shape index (κ1) is 12.0. The molecule has 7 heteroatoms. The van der Waals surface area contributed by atoms with Gasteiger partial charge in [-0.1, -0.05) is 17.7 Å². The average Bonchev–Trinajstić information content (AvgIpc) is 2.66. The van der Waals surface area contributed by atoms with Crippen LogP contribution >= 0.6 is 11.8 Å². The second-order valence-electron chi connectivity index (χ2n) is 3.19. The lowest BCUT2D eigenvalue weighted by molar-refractivity contribution is 0.483. The second kappa shape index (κ2) is 4.41. The van der Waals surface area contributed by atoms with Crippen LogP contribution in [0.25, 0.3) is 11.0 Å². The molecule has 0 unspecified atom stereocenters. The lowest BCUT2D eigenvalue weighted by atomic mass is 10.3. The molecule has 2 N–H and O–H groups in total. The summed E-state index contributed by atoms with van der Waals surface area (Å²) >= 11 is 1.34. The lowest BCUT2D eigenvalue weighted by Crippen LogP contribution is -1.97. The highest BCUT2D eigenvalue weighted by Crippen LogP contribution is 2.21. The molecule has 0 saturated carbocycles. The summed E-state index contributed by atoms with van der Waals surface area (Å²) in [5.74, 6) is 2.94. The number of imidazole rings is 1. The number of H-pyrrole nitrogens is 1. The van der Waals surface area contributed by atoms with Gasteiger partial charge in [0.1, 0.15) is 0 Å². The molecule has 0 aliphatic heterocycles. The molecule has 1 aromatic heterocycles. The van der Waals surface area contributed by atoms with E-state index in [9.17, 15) is 8.42 Å². The molecule has 88 valence electrons. The van der Waals surface area contributed by atoms with Crippen LogP contribution in [0.15, 0.2) is 28.3 Å². The third-order valence-corrected chi connectivity index (χ3v) is 3.65. The maximum Gasteiger partial charge on any atom is 0.294 e. The van der Waals surface area contributed by atoms with Gasteiger partial charge in [-0.25, -0.2) is 4.98 Å². The van der Waals surface area contributed by atoms with Crippen molar-refractivity contribution in [3.8, 4) is 12.3 Å². The van der Waals surface area contributed by atoms with E-state index < -0.39 is 10.1 Å². The Labute approximate surface area is 102 Å². The van der Waals surface area contributed by atoms with Crippen LogP contribution < -0.4 is 0 Å². The summed E-state index contributed by atoms with van der Waals surface area (Å²) in [6.07, 6.45) is 5.13. The van der Waals surface area contributed by atoms with Gasteiger partial charge in [0.25, 0.3) is 10.1 Å². The van der Waals surface area contributed by atoms with Crippen molar-refractivity contribution in [2.45, 2.75) is 10.1 Å². The summed E-state index contributed by atoms with van der Waals surface area (Å²) in [5, 5.41) is 0.616. The molecule has 2 rings (SSSR count). The second-order valence-corrected chi connectivity index (χ2v) is 5.57. The summed E-state index contributed by atoms with van der Waals surface area (Å²) < 4.78 is 30.8. The highest BCUT2D eigenvalue weighted by atomic mass is 32.2. The van der Waals surface area contributed by atoms with Crippen LogP contribution in [0.4, 0.5) is 0 Å². The van der Waals surface area contributed by atoms with E-state index in [0.29, 0.717) is 21.9 Å². The molecule has 17 heavy (non-hydrogen) atoms. The molecule has 0 spiro atoms. The third-order valence-electron chi connectivity index (χ3n) is 2.02. The topological polar surface area (TPSA) is 83.1 Å². The van der Waals surface area contributed by atoms with Crippen LogP contribution in [0, 0.1) is 12.3 Å². The number of terminal acetylenes is 1. The summed E-state index contributed by atoms with van der Waals surface area (Å²) in [4.78, 5) is 6.97. The lowest BCUT2D eigenvalue weighted by Gasteiger charge is -1.95. The highest BCUT2D eigenvalue weighted by molar-refractivity contribution is 7.99. The standard InChI is InChI=1S/C10H8N2O3S2/c1-2-5-16-10-11-8-4-3-7(17(13,14)15)6-9(8)12-10/h1,3-4,6H,5H2,(H,11,12)(H,13,14,15). The molecule has 5 nitrogen and oxygen atoms in total. The SMILES string of the molecule is C#CCSc1nc2ccc(S(=O)(=O)O)cc2[nH]1. The number of fused-ring (bicyclic) bond motifs is 1. The first-order valence-electron chi connectivity index (χ1n) is 4.54. The zero-order valence-corrected chi connectivity index (χ0v) is 10.2. The number of aromatic amines is 1. The van der Waals surface area contributed by atoms with Gasteiger partial charge >= 0.3 is 0 Å². The number of thioether (sulfide) groups is 1. The molecule has 0 aliphatic carbocycles. The highest BCUT2D eigenvalue weighted by Gasteiger charge is 2.11. The van der Waals surface area contributed by atoms with E-state index in [4.69, 9.17) is 11.0 Å². The molecule has 0 bridgehead atoms.